The lowest BCUT2D eigenvalue weighted by Crippen LogP contribution is -2.32. The molecule has 1 aliphatic rings. The second-order valence-electron chi connectivity index (χ2n) is 3.19. The number of thioether (sulfide) groups is 1. The summed E-state index contributed by atoms with van der Waals surface area (Å²) in [6, 6.07) is -0.758. The van der Waals surface area contributed by atoms with E-state index < -0.39 is 12.0 Å². The van der Waals surface area contributed by atoms with Gasteiger partial charge in [0, 0.05) is 12.2 Å². The molecule has 1 unspecified atom stereocenters. The second-order valence-corrected chi connectivity index (χ2v) is 4.34. The zero-order chi connectivity index (χ0) is 9.90. The molecule has 0 bridgehead atoms. The lowest BCUT2D eigenvalue weighted by Gasteiger charge is -2.06. The highest BCUT2D eigenvalue weighted by molar-refractivity contribution is 7.99. The number of nitrogens with two attached hydrogens (primary N) is 1. The Morgan fingerprint density at radius 3 is 2.77 bits per heavy atom. The van der Waals surface area contributed by atoms with Crippen molar-refractivity contribution in [2.24, 2.45) is 16.0 Å². The van der Waals surface area contributed by atoms with Gasteiger partial charge in [-0.2, -0.15) is 22.0 Å². The number of carboxylic acid groups (broad SMARTS) is 1. The maximum atomic E-state index is 10.3. The average Bonchev–Trinajstić information content (AvgIpc) is 2.78. The molecule has 0 aromatic rings. The van der Waals surface area contributed by atoms with Gasteiger partial charge >= 0.3 is 5.97 Å². The van der Waals surface area contributed by atoms with Gasteiger partial charge < -0.3 is 10.8 Å². The number of rotatable bonds is 6. The molecule has 0 amide bonds. The molecule has 0 saturated heterocycles. The molecular weight excluding hydrogens is 190 g/mol. The Morgan fingerprint density at radius 1 is 1.69 bits per heavy atom. The van der Waals surface area contributed by atoms with E-state index in [0.717, 1.165) is 12.2 Å². The molecule has 0 saturated carbocycles. The van der Waals surface area contributed by atoms with Crippen LogP contribution >= 0.6 is 11.8 Å². The summed E-state index contributed by atoms with van der Waals surface area (Å²) in [6.07, 6.45) is 0.865. The van der Waals surface area contributed by atoms with Gasteiger partial charge in [-0.25, -0.2) is 0 Å². The van der Waals surface area contributed by atoms with E-state index in [2.05, 4.69) is 10.2 Å². The summed E-state index contributed by atoms with van der Waals surface area (Å²) in [5, 5.41) is 16.2. The fourth-order valence-electron chi connectivity index (χ4n) is 0.732. The van der Waals surface area contributed by atoms with E-state index in [9.17, 15) is 4.79 Å². The average molecular weight is 203 g/mol. The van der Waals surface area contributed by atoms with E-state index in [1.54, 1.807) is 0 Å². The summed E-state index contributed by atoms with van der Waals surface area (Å²) in [5.41, 5.74) is 5.13. The van der Waals surface area contributed by atoms with Crippen molar-refractivity contribution >= 4 is 17.7 Å². The van der Waals surface area contributed by atoms with Crippen LogP contribution in [0, 0.1) is 0 Å². The van der Waals surface area contributed by atoms with E-state index in [1.807, 2.05) is 6.92 Å². The third kappa shape index (κ3) is 3.73. The van der Waals surface area contributed by atoms with Gasteiger partial charge in [0.1, 0.15) is 6.04 Å². The first kappa shape index (κ1) is 10.5. The zero-order valence-corrected chi connectivity index (χ0v) is 8.25. The van der Waals surface area contributed by atoms with Gasteiger partial charge in [-0.3, -0.25) is 4.79 Å². The summed E-state index contributed by atoms with van der Waals surface area (Å²) in [7, 11) is 0. The predicted molar refractivity (Wildman–Crippen MR) is 50.8 cm³/mol. The van der Waals surface area contributed by atoms with Crippen LogP contribution < -0.4 is 5.73 Å². The topological polar surface area (TPSA) is 88.0 Å². The van der Waals surface area contributed by atoms with Crippen molar-refractivity contribution in [1.29, 1.82) is 0 Å². The van der Waals surface area contributed by atoms with Gasteiger partial charge in [0.15, 0.2) is 5.66 Å². The first-order chi connectivity index (χ1) is 6.03. The predicted octanol–water partition coefficient (Wildman–Crippen LogP) is 0.704. The number of carbonyl (C=O) groups is 1. The quantitative estimate of drug-likeness (QED) is 0.622. The van der Waals surface area contributed by atoms with Gasteiger partial charge in [-0.15, -0.1) is 0 Å². The highest BCUT2D eigenvalue weighted by Crippen LogP contribution is 2.31. The Kier molecular flexibility index (Phi) is 3.27. The van der Waals surface area contributed by atoms with Gasteiger partial charge in [0.25, 0.3) is 0 Å². The minimum atomic E-state index is -0.945. The zero-order valence-electron chi connectivity index (χ0n) is 7.43. The van der Waals surface area contributed by atoms with Crippen molar-refractivity contribution in [3.63, 3.8) is 0 Å². The molecule has 6 heteroatoms. The molecule has 0 spiro atoms. The molecule has 3 N–H and O–H groups in total. The number of nitrogens with zero attached hydrogens (tertiary/aromatic N) is 2. The Balaban J connectivity index is 1.98. The lowest BCUT2D eigenvalue weighted by atomic mass is 10.2. The van der Waals surface area contributed by atoms with E-state index in [-0.39, 0.29) is 5.66 Å². The van der Waals surface area contributed by atoms with Gasteiger partial charge in [-0.05, 0) is 12.7 Å². The van der Waals surface area contributed by atoms with Crippen molar-refractivity contribution in [3.8, 4) is 0 Å². The lowest BCUT2D eigenvalue weighted by molar-refractivity contribution is -0.137. The van der Waals surface area contributed by atoms with Gasteiger partial charge in [0.2, 0.25) is 0 Å². The number of aliphatic carboxylic acids is 1. The molecule has 0 fully saturated rings. The molecule has 1 atom stereocenters. The Bertz CT molecular complexity index is 226. The molecule has 74 valence electrons. The molecule has 0 aromatic carbocycles. The smallest absolute Gasteiger partial charge is 0.321 e. The SMILES string of the molecule is CC1(CCSCC(N)C(=O)O)N=N1. The third-order valence-electron chi connectivity index (χ3n) is 1.78. The number of carboxylic acids is 1. The molecule has 13 heavy (non-hydrogen) atoms. The summed E-state index contributed by atoms with van der Waals surface area (Å²) in [5.74, 6) is 0.357. The Morgan fingerprint density at radius 2 is 2.31 bits per heavy atom. The molecule has 1 aliphatic heterocycles. The highest BCUT2D eigenvalue weighted by atomic mass is 32.2. The van der Waals surface area contributed by atoms with Crippen LogP contribution in [0.1, 0.15) is 13.3 Å². The largest absolute Gasteiger partial charge is 0.480 e. The fourth-order valence-corrected chi connectivity index (χ4v) is 1.83. The second kappa shape index (κ2) is 4.06. The maximum Gasteiger partial charge on any atom is 0.321 e. The third-order valence-corrected chi connectivity index (χ3v) is 2.86. The van der Waals surface area contributed by atoms with Crippen molar-refractivity contribution in [2.45, 2.75) is 25.0 Å². The van der Waals surface area contributed by atoms with Crippen molar-refractivity contribution < 1.29 is 9.90 Å². The number of hydrogen-bond acceptors (Lipinski definition) is 5. The van der Waals surface area contributed by atoms with E-state index in [0.29, 0.717) is 5.75 Å². The van der Waals surface area contributed by atoms with Crippen molar-refractivity contribution in [2.75, 3.05) is 11.5 Å². The van der Waals surface area contributed by atoms with E-state index in [4.69, 9.17) is 10.8 Å². The van der Waals surface area contributed by atoms with Crippen LogP contribution in [0.4, 0.5) is 0 Å². The first-order valence-corrected chi connectivity index (χ1v) is 5.19. The molecule has 0 aliphatic carbocycles. The molecule has 1 heterocycles. The fraction of sp³-hybridized carbons (Fsp3) is 0.857. The first-order valence-electron chi connectivity index (χ1n) is 4.04. The van der Waals surface area contributed by atoms with Crippen LogP contribution in [-0.2, 0) is 4.79 Å². The summed E-state index contributed by atoms with van der Waals surface area (Å²) in [4.78, 5) is 10.3. The summed E-state index contributed by atoms with van der Waals surface area (Å²) >= 11 is 1.53. The van der Waals surface area contributed by atoms with E-state index >= 15 is 0 Å². The van der Waals surface area contributed by atoms with Gasteiger partial charge in [0.05, 0.1) is 0 Å². The monoisotopic (exact) mass is 203 g/mol. The molecule has 0 radical (unpaired) electrons. The van der Waals surface area contributed by atoms with E-state index in [1.165, 1.54) is 11.8 Å². The highest BCUT2D eigenvalue weighted by Gasteiger charge is 2.32. The molecule has 1 rings (SSSR count). The Hall–Kier alpha value is -0.620. The van der Waals surface area contributed by atoms with Crippen LogP contribution in [0.3, 0.4) is 0 Å². The minimum absolute atomic E-state index is 0.180. The van der Waals surface area contributed by atoms with Gasteiger partial charge in [-0.1, -0.05) is 0 Å². The van der Waals surface area contributed by atoms with Crippen LogP contribution in [-0.4, -0.2) is 34.3 Å². The molecule has 0 aromatic heterocycles. The minimum Gasteiger partial charge on any atom is -0.480 e. The van der Waals surface area contributed by atoms with Crippen molar-refractivity contribution in [1.82, 2.24) is 0 Å². The molecule has 5 nitrogen and oxygen atoms in total. The number of hydrogen-bond donors (Lipinski definition) is 2. The van der Waals surface area contributed by atoms with Crippen LogP contribution in [0.25, 0.3) is 0 Å². The normalized spacial score (nSPS) is 19.8. The maximum absolute atomic E-state index is 10.3. The summed E-state index contributed by atoms with van der Waals surface area (Å²) in [6.45, 7) is 1.95. The Labute approximate surface area is 80.8 Å². The standard InChI is InChI=1S/C7H13N3O2S/c1-7(9-10-7)2-3-13-4-5(8)6(11)12/h5H,2-4,8H2,1H3,(H,11,12). The van der Waals surface area contributed by atoms with Crippen LogP contribution in [0.5, 0.6) is 0 Å². The van der Waals surface area contributed by atoms with Crippen LogP contribution in [0.15, 0.2) is 10.2 Å². The van der Waals surface area contributed by atoms with Crippen LogP contribution in [0.2, 0.25) is 0 Å². The van der Waals surface area contributed by atoms with Crippen molar-refractivity contribution in [3.05, 3.63) is 0 Å². The summed E-state index contributed by atoms with van der Waals surface area (Å²) < 4.78 is 0. The molecular formula is C7H13N3O2S.